The Morgan fingerprint density at radius 2 is 1.41 bits per heavy atom. The molecule has 37 heavy (non-hydrogen) atoms. The standard InChI is InChI=1S/C28H43NO8/c1-9-17(3)25(31)36-22-12-11-20(14-23(22)37-26(32)18(4)10-2)13-21(29)27(33)35-19(5)16-34-24(30)15-28(6,7)8/h11-12,14,17-19,21H,9-10,13,15-16,29H2,1-8H3/t17?,18?,19-,21-/m0/s1. The normalized spacial score (nSPS) is 14.6. The second-order valence-electron chi connectivity index (χ2n) is 10.7. The summed E-state index contributed by atoms with van der Waals surface area (Å²) in [5.41, 5.74) is 6.44. The van der Waals surface area contributed by atoms with E-state index >= 15 is 0 Å². The fourth-order valence-electron chi connectivity index (χ4n) is 2.95. The molecule has 2 unspecified atom stereocenters. The lowest BCUT2D eigenvalue weighted by Crippen LogP contribution is -2.37. The summed E-state index contributed by atoms with van der Waals surface area (Å²) in [6.07, 6.45) is 0.852. The van der Waals surface area contributed by atoms with Crippen molar-refractivity contribution in [2.24, 2.45) is 23.0 Å². The van der Waals surface area contributed by atoms with E-state index < -0.39 is 30.1 Å². The number of carbonyl (C=O) groups excluding carboxylic acids is 4. The zero-order valence-electron chi connectivity index (χ0n) is 23.4. The highest BCUT2D eigenvalue weighted by molar-refractivity contribution is 5.79. The Hall–Kier alpha value is -2.94. The molecule has 1 aromatic carbocycles. The summed E-state index contributed by atoms with van der Waals surface area (Å²) >= 11 is 0. The maximum absolute atomic E-state index is 12.5. The van der Waals surface area contributed by atoms with Gasteiger partial charge in [-0.05, 0) is 49.3 Å². The fourth-order valence-corrected chi connectivity index (χ4v) is 2.95. The maximum atomic E-state index is 12.5. The molecule has 9 nitrogen and oxygen atoms in total. The third-order valence-electron chi connectivity index (χ3n) is 5.69. The van der Waals surface area contributed by atoms with E-state index in [1.807, 2.05) is 34.6 Å². The van der Waals surface area contributed by atoms with Crippen molar-refractivity contribution in [1.82, 2.24) is 0 Å². The second kappa shape index (κ2) is 14.7. The summed E-state index contributed by atoms with van der Waals surface area (Å²) in [4.78, 5) is 49.1. The Morgan fingerprint density at radius 3 is 1.92 bits per heavy atom. The maximum Gasteiger partial charge on any atom is 0.323 e. The molecule has 0 saturated carbocycles. The Labute approximate surface area is 220 Å². The zero-order chi connectivity index (χ0) is 28.3. The predicted molar refractivity (Wildman–Crippen MR) is 139 cm³/mol. The summed E-state index contributed by atoms with van der Waals surface area (Å²) in [6.45, 7) is 14.5. The van der Waals surface area contributed by atoms with Gasteiger partial charge in [0, 0.05) is 0 Å². The number of benzene rings is 1. The minimum Gasteiger partial charge on any atom is -0.462 e. The summed E-state index contributed by atoms with van der Waals surface area (Å²) in [6, 6.07) is 3.68. The minimum atomic E-state index is -1.01. The highest BCUT2D eigenvalue weighted by Gasteiger charge is 2.24. The third kappa shape index (κ3) is 11.8. The van der Waals surface area contributed by atoms with Gasteiger partial charge in [-0.25, -0.2) is 0 Å². The van der Waals surface area contributed by atoms with Crippen LogP contribution in [-0.2, 0) is 35.1 Å². The van der Waals surface area contributed by atoms with E-state index in [-0.39, 0.29) is 54.2 Å². The van der Waals surface area contributed by atoms with Gasteiger partial charge >= 0.3 is 23.9 Å². The van der Waals surface area contributed by atoms with Gasteiger partial charge in [-0.1, -0.05) is 54.5 Å². The van der Waals surface area contributed by atoms with Crippen molar-refractivity contribution in [2.45, 2.75) is 93.2 Å². The van der Waals surface area contributed by atoms with E-state index in [1.165, 1.54) is 12.1 Å². The second-order valence-corrected chi connectivity index (χ2v) is 10.7. The molecule has 0 aliphatic rings. The smallest absolute Gasteiger partial charge is 0.323 e. The Balaban J connectivity index is 2.88. The van der Waals surface area contributed by atoms with Crippen molar-refractivity contribution in [3.63, 3.8) is 0 Å². The zero-order valence-corrected chi connectivity index (χ0v) is 23.4. The molecule has 208 valence electrons. The van der Waals surface area contributed by atoms with Crippen LogP contribution in [0.3, 0.4) is 0 Å². The summed E-state index contributed by atoms with van der Waals surface area (Å²) < 4.78 is 21.5. The van der Waals surface area contributed by atoms with E-state index in [2.05, 4.69) is 0 Å². The number of nitrogens with two attached hydrogens (primary N) is 1. The molecule has 0 saturated heterocycles. The molecule has 9 heteroatoms. The van der Waals surface area contributed by atoms with E-state index in [4.69, 9.17) is 24.7 Å². The van der Waals surface area contributed by atoms with Crippen LogP contribution in [-0.4, -0.2) is 42.6 Å². The predicted octanol–water partition coefficient (Wildman–Crippen LogP) is 4.37. The average Bonchev–Trinajstić information content (AvgIpc) is 2.81. The number of hydrogen-bond donors (Lipinski definition) is 1. The first-order valence-electron chi connectivity index (χ1n) is 12.8. The molecule has 0 aliphatic carbocycles. The van der Waals surface area contributed by atoms with Gasteiger partial charge in [-0.15, -0.1) is 0 Å². The monoisotopic (exact) mass is 521 g/mol. The molecule has 0 bridgehead atoms. The molecule has 0 aromatic heterocycles. The fraction of sp³-hybridized carbons (Fsp3) is 0.643. The third-order valence-corrected chi connectivity index (χ3v) is 5.69. The van der Waals surface area contributed by atoms with Crippen molar-refractivity contribution < 1.29 is 38.1 Å². The van der Waals surface area contributed by atoms with Crippen molar-refractivity contribution in [2.75, 3.05) is 6.61 Å². The van der Waals surface area contributed by atoms with Crippen LogP contribution in [0.1, 0.15) is 80.2 Å². The van der Waals surface area contributed by atoms with Gasteiger partial charge in [-0.2, -0.15) is 0 Å². The van der Waals surface area contributed by atoms with Crippen LogP contribution < -0.4 is 15.2 Å². The Morgan fingerprint density at radius 1 is 0.865 bits per heavy atom. The van der Waals surface area contributed by atoms with Gasteiger partial charge in [-0.3, -0.25) is 19.2 Å². The SMILES string of the molecule is CCC(C)C(=O)Oc1ccc(C[C@H](N)C(=O)O[C@@H](C)COC(=O)CC(C)(C)C)cc1OC(=O)C(C)CC. The van der Waals surface area contributed by atoms with Crippen molar-refractivity contribution in [3.8, 4) is 11.5 Å². The molecular formula is C28H43NO8. The molecule has 1 aromatic rings. The number of ether oxygens (including phenoxy) is 4. The van der Waals surface area contributed by atoms with E-state index in [1.54, 1.807) is 26.8 Å². The quantitative estimate of drug-likeness (QED) is 0.297. The molecule has 2 N–H and O–H groups in total. The summed E-state index contributed by atoms with van der Waals surface area (Å²) in [7, 11) is 0. The minimum absolute atomic E-state index is 0.0701. The van der Waals surface area contributed by atoms with Crippen LogP contribution in [0.25, 0.3) is 0 Å². The van der Waals surface area contributed by atoms with Gasteiger partial charge in [0.05, 0.1) is 18.3 Å². The van der Waals surface area contributed by atoms with E-state index in [9.17, 15) is 19.2 Å². The number of hydrogen-bond acceptors (Lipinski definition) is 9. The van der Waals surface area contributed by atoms with E-state index in [0.29, 0.717) is 18.4 Å². The van der Waals surface area contributed by atoms with Crippen molar-refractivity contribution >= 4 is 23.9 Å². The lowest BCUT2D eigenvalue weighted by Gasteiger charge is -2.20. The van der Waals surface area contributed by atoms with Crippen LogP contribution in [0.5, 0.6) is 11.5 Å². The van der Waals surface area contributed by atoms with Crippen molar-refractivity contribution in [3.05, 3.63) is 23.8 Å². The average molecular weight is 522 g/mol. The van der Waals surface area contributed by atoms with E-state index in [0.717, 1.165) is 0 Å². The highest BCUT2D eigenvalue weighted by atomic mass is 16.6. The molecule has 0 spiro atoms. The van der Waals surface area contributed by atoms with Gasteiger partial charge in [0.1, 0.15) is 18.8 Å². The van der Waals surface area contributed by atoms with Crippen LogP contribution in [0.4, 0.5) is 0 Å². The van der Waals surface area contributed by atoms with Gasteiger partial charge in [0.25, 0.3) is 0 Å². The lowest BCUT2D eigenvalue weighted by atomic mass is 9.92. The van der Waals surface area contributed by atoms with Gasteiger partial charge in [0.15, 0.2) is 11.5 Å². The van der Waals surface area contributed by atoms with Gasteiger partial charge in [0.2, 0.25) is 0 Å². The van der Waals surface area contributed by atoms with Crippen LogP contribution in [0, 0.1) is 17.3 Å². The van der Waals surface area contributed by atoms with Crippen LogP contribution in [0.15, 0.2) is 18.2 Å². The first kappa shape index (κ1) is 32.1. The first-order chi connectivity index (χ1) is 17.2. The molecule has 4 atom stereocenters. The summed E-state index contributed by atoms with van der Waals surface area (Å²) in [5.74, 6) is -2.40. The first-order valence-corrected chi connectivity index (χ1v) is 12.8. The topological polar surface area (TPSA) is 131 Å². The largest absolute Gasteiger partial charge is 0.462 e. The number of rotatable bonds is 13. The molecule has 1 rings (SSSR count). The molecule has 0 aliphatic heterocycles. The van der Waals surface area contributed by atoms with Gasteiger partial charge < -0.3 is 24.7 Å². The summed E-state index contributed by atoms with van der Waals surface area (Å²) in [5, 5.41) is 0. The molecule has 0 fully saturated rings. The lowest BCUT2D eigenvalue weighted by molar-refractivity contribution is -0.159. The molecule has 0 amide bonds. The van der Waals surface area contributed by atoms with Crippen molar-refractivity contribution in [1.29, 1.82) is 0 Å². The molecule has 0 radical (unpaired) electrons. The molecule has 0 heterocycles. The molecular weight excluding hydrogens is 478 g/mol. The Kier molecular flexibility index (Phi) is 12.8. The highest BCUT2D eigenvalue weighted by Crippen LogP contribution is 2.31. The van der Waals surface area contributed by atoms with Crippen LogP contribution in [0.2, 0.25) is 0 Å². The number of carbonyl (C=O) groups is 4. The van der Waals surface area contributed by atoms with Crippen LogP contribution >= 0.6 is 0 Å². The Bertz CT molecular complexity index is 937. The number of esters is 4.